The van der Waals surface area contributed by atoms with Crippen molar-refractivity contribution in [1.29, 1.82) is 0 Å². The number of ether oxygens (including phenoxy) is 1. The molecular formula is C14H22N2O3. The number of aryl methyl sites for hydroxylation is 2. The number of amides is 1. The average molecular weight is 266 g/mol. The van der Waals surface area contributed by atoms with Crippen LogP contribution in [0.2, 0.25) is 0 Å². The Morgan fingerprint density at radius 3 is 2.58 bits per heavy atom. The second-order valence-corrected chi connectivity index (χ2v) is 5.33. The Balaban J connectivity index is 2.04. The molecule has 1 aliphatic heterocycles. The first-order valence-corrected chi connectivity index (χ1v) is 6.67. The number of carbonyl (C=O) groups is 1. The molecule has 1 unspecified atom stereocenters. The van der Waals surface area contributed by atoms with Crippen LogP contribution in [0.4, 0.5) is 0 Å². The molecule has 3 N–H and O–H groups in total. The highest BCUT2D eigenvalue weighted by Crippen LogP contribution is 2.23. The second-order valence-electron chi connectivity index (χ2n) is 5.33. The van der Waals surface area contributed by atoms with Crippen molar-refractivity contribution in [1.82, 2.24) is 5.32 Å². The standard InChI is InChI=1S/C14H22N2O3/c1-9-8-12(11(3)19-9)10(2)16-13(17)14(15)4-6-18-7-5-14/h8,10H,4-7,15H2,1-3H3,(H,16,17). The van der Waals surface area contributed by atoms with Crippen molar-refractivity contribution >= 4 is 5.91 Å². The largest absolute Gasteiger partial charge is 0.466 e. The lowest BCUT2D eigenvalue weighted by Crippen LogP contribution is -2.57. The molecule has 1 amide bonds. The summed E-state index contributed by atoms with van der Waals surface area (Å²) in [4.78, 5) is 12.3. The molecule has 2 rings (SSSR count). The summed E-state index contributed by atoms with van der Waals surface area (Å²) in [6, 6.07) is 1.85. The first-order chi connectivity index (χ1) is 8.92. The minimum absolute atomic E-state index is 0.104. The second kappa shape index (κ2) is 5.35. The number of furan rings is 1. The van der Waals surface area contributed by atoms with E-state index in [4.69, 9.17) is 14.9 Å². The number of rotatable bonds is 3. The molecule has 0 aliphatic carbocycles. The van der Waals surface area contributed by atoms with E-state index in [-0.39, 0.29) is 11.9 Å². The molecule has 0 saturated carbocycles. The first-order valence-electron chi connectivity index (χ1n) is 6.67. The lowest BCUT2D eigenvalue weighted by Gasteiger charge is -2.32. The zero-order valence-electron chi connectivity index (χ0n) is 11.8. The summed E-state index contributed by atoms with van der Waals surface area (Å²) in [7, 11) is 0. The smallest absolute Gasteiger partial charge is 0.240 e. The Hall–Kier alpha value is -1.33. The molecular weight excluding hydrogens is 244 g/mol. The van der Waals surface area contributed by atoms with Gasteiger partial charge in [-0.15, -0.1) is 0 Å². The van der Waals surface area contributed by atoms with Crippen LogP contribution >= 0.6 is 0 Å². The van der Waals surface area contributed by atoms with Gasteiger partial charge in [0, 0.05) is 18.8 Å². The molecule has 5 heteroatoms. The predicted octanol–water partition coefficient (Wildman–Crippen LogP) is 1.58. The topological polar surface area (TPSA) is 77.5 Å². The van der Waals surface area contributed by atoms with E-state index >= 15 is 0 Å². The van der Waals surface area contributed by atoms with Crippen LogP contribution in [-0.2, 0) is 9.53 Å². The van der Waals surface area contributed by atoms with E-state index in [1.807, 2.05) is 26.8 Å². The van der Waals surface area contributed by atoms with Crippen molar-refractivity contribution in [3.63, 3.8) is 0 Å². The maximum Gasteiger partial charge on any atom is 0.240 e. The molecule has 0 radical (unpaired) electrons. The third-order valence-corrected chi connectivity index (χ3v) is 3.73. The SMILES string of the molecule is Cc1cc(C(C)NC(=O)C2(N)CCOCC2)c(C)o1. The zero-order valence-corrected chi connectivity index (χ0v) is 11.8. The van der Waals surface area contributed by atoms with Crippen molar-refractivity contribution in [3.8, 4) is 0 Å². The van der Waals surface area contributed by atoms with Crippen LogP contribution in [0.3, 0.4) is 0 Å². The van der Waals surface area contributed by atoms with Crippen molar-refractivity contribution < 1.29 is 13.9 Å². The molecule has 1 aromatic rings. The van der Waals surface area contributed by atoms with Crippen LogP contribution in [0, 0.1) is 13.8 Å². The van der Waals surface area contributed by atoms with E-state index in [0.29, 0.717) is 26.1 Å². The van der Waals surface area contributed by atoms with E-state index in [0.717, 1.165) is 17.1 Å². The third kappa shape index (κ3) is 2.98. The summed E-state index contributed by atoms with van der Waals surface area (Å²) in [5.41, 5.74) is 6.35. The van der Waals surface area contributed by atoms with Gasteiger partial charge < -0.3 is 20.2 Å². The molecule has 0 spiro atoms. The van der Waals surface area contributed by atoms with Gasteiger partial charge in [-0.1, -0.05) is 0 Å². The number of carbonyl (C=O) groups excluding carboxylic acids is 1. The Morgan fingerprint density at radius 1 is 1.42 bits per heavy atom. The summed E-state index contributed by atoms with van der Waals surface area (Å²) in [5.74, 6) is 1.58. The van der Waals surface area contributed by atoms with E-state index in [1.165, 1.54) is 0 Å². The summed E-state index contributed by atoms with van der Waals surface area (Å²) >= 11 is 0. The molecule has 1 fully saturated rings. The van der Waals surface area contributed by atoms with Crippen molar-refractivity contribution in [3.05, 3.63) is 23.2 Å². The summed E-state index contributed by atoms with van der Waals surface area (Å²) in [6.07, 6.45) is 1.13. The summed E-state index contributed by atoms with van der Waals surface area (Å²) < 4.78 is 10.7. The average Bonchev–Trinajstić information content (AvgIpc) is 2.69. The fourth-order valence-corrected chi connectivity index (χ4v) is 2.46. The normalized spacial score (nSPS) is 20.0. The fourth-order valence-electron chi connectivity index (χ4n) is 2.46. The quantitative estimate of drug-likeness (QED) is 0.870. The minimum Gasteiger partial charge on any atom is -0.466 e. The Bertz CT molecular complexity index is 461. The van der Waals surface area contributed by atoms with Crippen molar-refractivity contribution in [2.75, 3.05) is 13.2 Å². The van der Waals surface area contributed by atoms with Gasteiger partial charge in [0.05, 0.1) is 11.6 Å². The minimum atomic E-state index is -0.806. The van der Waals surface area contributed by atoms with Crippen molar-refractivity contribution in [2.24, 2.45) is 5.73 Å². The van der Waals surface area contributed by atoms with Crippen LogP contribution in [0.15, 0.2) is 10.5 Å². The number of hydrogen-bond acceptors (Lipinski definition) is 4. The summed E-state index contributed by atoms with van der Waals surface area (Å²) in [6.45, 7) is 6.83. The van der Waals surface area contributed by atoms with Crippen LogP contribution in [0.5, 0.6) is 0 Å². The van der Waals surface area contributed by atoms with Crippen LogP contribution in [-0.4, -0.2) is 24.7 Å². The zero-order chi connectivity index (χ0) is 14.0. The monoisotopic (exact) mass is 266 g/mol. The van der Waals surface area contributed by atoms with Gasteiger partial charge in [0.25, 0.3) is 0 Å². The maximum absolute atomic E-state index is 12.3. The van der Waals surface area contributed by atoms with Gasteiger partial charge >= 0.3 is 0 Å². The van der Waals surface area contributed by atoms with Gasteiger partial charge in [-0.2, -0.15) is 0 Å². The van der Waals surface area contributed by atoms with Crippen LogP contribution in [0.1, 0.15) is 42.9 Å². The lowest BCUT2D eigenvalue weighted by molar-refractivity contribution is -0.130. The van der Waals surface area contributed by atoms with E-state index in [2.05, 4.69) is 5.32 Å². The van der Waals surface area contributed by atoms with Gasteiger partial charge in [-0.25, -0.2) is 0 Å². The number of hydrogen-bond donors (Lipinski definition) is 2. The first kappa shape index (κ1) is 14.1. The maximum atomic E-state index is 12.3. The van der Waals surface area contributed by atoms with E-state index in [9.17, 15) is 4.79 Å². The molecule has 0 aromatic carbocycles. The fraction of sp³-hybridized carbons (Fsp3) is 0.643. The van der Waals surface area contributed by atoms with Crippen LogP contribution in [0.25, 0.3) is 0 Å². The highest BCUT2D eigenvalue weighted by atomic mass is 16.5. The molecule has 1 aromatic heterocycles. The number of nitrogens with one attached hydrogen (secondary N) is 1. The molecule has 5 nitrogen and oxygen atoms in total. The molecule has 1 aliphatic rings. The summed E-state index contributed by atoms with van der Waals surface area (Å²) in [5, 5.41) is 2.98. The molecule has 19 heavy (non-hydrogen) atoms. The lowest BCUT2D eigenvalue weighted by atomic mass is 9.90. The highest BCUT2D eigenvalue weighted by Gasteiger charge is 2.36. The van der Waals surface area contributed by atoms with Crippen molar-refractivity contribution in [2.45, 2.75) is 45.2 Å². The van der Waals surface area contributed by atoms with Gasteiger partial charge in [-0.3, -0.25) is 4.79 Å². The van der Waals surface area contributed by atoms with Gasteiger partial charge in [0.2, 0.25) is 5.91 Å². The Morgan fingerprint density at radius 2 is 2.05 bits per heavy atom. The van der Waals surface area contributed by atoms with E-state index < -0.39 is 5.54 Å². The number of nitrogens with two attached hydrogens (primary N) is 1. The van der Waals surface area contributed by atoms with Crippen LogP contribution < -0.4 is 11.1 Å². The highest BCUT2D eigenvalue weighted by molar-refractivity contribution is 5.86. The molecule has 106 valence electrons. The Labute approximate surface area is 113 Å². The van der Waals surface area contributed by atoms with Gasteiger partial charge in [0.1, 0.15) is 11.5 Å². The van der Waals surface area contributed by atoms with E-state index in [1.54, 1.807) is 0 Å². The predicted molar refractivity (Wildman–Crippen MR) is 71.7 cm³/mol. The van der Waals surface area contributed by atoms with Gasteiger partial charge in [0.15, 0.2) is 0 Å². The molecule has 0 bridgehead atoms. The molecule has 2 heterocycles. The van der Waals surface area contributed by atoms with Gasteiger partial charge in [-0.05, 0) is 39.7 Å². The third-order valence-electron chi connectivity index (χ3n) is 3.73. The Kier molecular flexibility index (Phi) is 3.96. The molecule has 1 saturated heterocycles. The molecule has 1 atom stereocenters.